The second-order valence-electron chi connectivity index (χ2n) is 0.967. The van der Waals surface area contributed by atoms with E-state index in [1.165, 1.54) is 0 Å². The van der Waals surface area contributed by atoms with E-state index in [0.29, 0.717) is 6.61 Å². The zero-order chi connectivity index (χ0) is 4.83. The predicted molar refractivity (Wildman–Crippen MR) is 26.6 cm³/mol. The fourth-order valence-electron chi connectivity index (χ4n) is 0.166. The Morgan fingerprint density at radius 2 is 2.50 bits per heavy atom. The fraction of sp³-hybridized carbons (Fsp3) is 1.00. The minimum absolute atomic E-state index is 0.638. The van der Waals surface area contributed by atoms with Crippen LogP contribution in [0.5, 0.6) is 0 Å². The van der Waals surface area contributed by atoms with E-state index < -0.39 is 8.69 Å². The molecule has 0 aliphatic rings. The molecule has 38 valence electrons. The molecule has 0 rings (SSSR count). The molecule has 0 amide bonds. The van der Waals surface area contributed by atoms with Crippen molar-refractivity contribution in [1.29, 1.82) is 0 Å². The minimum atomic E-state index is -0.966. The van der Waals surface area contributed by atoms with Crippen LogP contribution in [0.25, 0.3) is 0 Å². The van der Waals surface area contributed by atoms with E-state index in [0.717, 1.165) is 6.42 Å². The summed E-state index contributed by atoms with van der Waals surface area (Å²) in [5, 5.41) is 0. The first-order valence-corrected chi connectivity index (χ1v) is 2.91. The third-order valence-corrected chi connectivity index (χ3v) is 0.762. The lowest BCUT2D eigenvalue weighted by Gasteiger charge is -1.84. The van der Waals surface area contributed by atoms with E-state index in [4.69, 9.17) is 0 Å². The maximum atomic E-state index is 9.55. The minimum Gasteiger partial charge on any atom is -0.333 e. The van der Waals surface area contributed by atoms with Crippen LogP contribution in [0.2, 0.25) is 0 Å². The molecule has 0 fully saturated rings. The lowest BCUT2D eigenvalue weighted by molar-refractivity contribution is 0.342. The lowest BCUT2D eigenvalue weighted by atomic mass is 10.5. The molecule has 0 saturated carbocycles. The van der Waals surface area contributed by atoms with Gasteiger partial charge in [-0.2, -0.15) is 0 Å². The molecule has 0 aromatic carbocycles. The molecule has 1 unspecified atom stereocenters. The molecule has 3 heteroatoms. The Kier molecular flexibility index (Phi) is 5.35. The summed E-state index contributed by atoms with van der Waals surface area (Å²) in [6.07, 6.45) is 0.954. The van der Waals surface area contributed by atoms with Gasteiger partial charge in [0.2, 0.25) is 0 Å². The quantitative estimate of drug-likeness (QED) is 0.399. The third-order valence-electron chi connectivity index (χ3n) is 0.390. The van der Waals surface area contributed by atoms with Gasteiger partial charge in [-0.3, -0.25) is 4.57 Å². The van der Waals surface area contributed by atoms with Gasteiger partial charge in [-0.05, 0) is 6.42 Å². The van der Waals surface area contributed by atoms with Crippen molar-refractivity contribution in [2.75, 3.05) is 6.61 Å². The SMILES string of the molecule is CCCO[PH2]=O. The summed E-state index contributed by atoms with van der Waals surface area (Å²) in [4.78, 5) is 0. The van der Waals surface area contributed by atoms with Crippen molar-refractivity contribution in [2.24, 2.45) is 0 Å². The Hall–Kier alpha value is 0.190. The summed E-state index contributed by atoms with van der Waals surface area (Å²) in [5.74, 6) is 0. The monoisotopic (exact) mass is 108 g/mol. The summed E-state index contributed by atoms with van der Waals surface area (Å²) in [6, 6.07) is 0. The van der Waals surface area contributed by atoms with Crippen molar-refractivity contribution in [1.82, 2.24) is 0 Å². The Labute approximate surface area is 38.8 Å². The van der Waals surface area contributed by atoms with Crippen LogP contribution < -0.4 is 0 Å². The standard InChI is InChI=1S/C3H9O2P/c1-2-3-5-6-4/h2-3,6H2,1H3. The van der Waals surface area contributed by atoms with Gasteiger partial charge in [0.1, 0.15) is 0 Å². The smallest absolute Gasteiger partial charge is 0.179 e. The molecule has 0 radical (unpaired) electrons. The van der Waals surface area contributed by atoms with Crippen LogP contribution in [0.3, 0.4) is 0 Å². The Morgan fingerprint density at radius 3 is 2.67 bits per heavy atom. The van der Waals surface area contributed by atoms with Crippen molar-refractivity contribution >= 4 is 8.69 Å². The molecular formula is C3H9O2P. The Bertz CT molecular complexity index is 37.8. The second kappa shape index (κ2) is 5.19. The first kappa shape index (κ1) is 6.19. The average molecular weight is 108 g/mol. The van der Waals surface area contributed by atoms with E-state index >= 15 is 0 Å². The predicted octanol–water partition coefficient (Wildman–Crippen LogP) is 1.08. The topological polar surface area (TPSA) is 26.3 Å². The Balaban J connectivity index is 2.49. The van der Waals surface area contributed by atoms with Crippen molar-refractivity contribution in [3.63, 3.8) is 0 Å². The molecule has 0 aliphatic heterocycles. The summed E-state index contributed by atoms with van der Waals surface area (Å²) < 4.78 is 14.1. The van der Waals surface area contributed by atoms with Gasteiger partial charge in [-0.15, -0.1) is 0 Å². The molecule has 2 nitrogen and oxygen atoms in total. The fourth-order valence-corrected chi connectivity index (χ4v) is 0.498. The van der Waals surface area contributed by atoms with Gasteiger partial charge in [0.05, 0.1) is 6.61 Å². The second-order valence-corrected chi connectivity index (χ2v) is 1.49. The molecule has 0 heterocycles. The molecule has 0 aromatic heterocycles. The van der Waals surface area contributed by atoms with Crippen LogP contribution in [0.15, 0.2) is 0 Å². The third kappa shape index (κ3) is 4.19. The van der Waals surface area contributed by atoms with E-state index in [1.807, 2.05) is 6.92 Å². The zero-order valence-electron chi connectivity index (χ0n) is 3.81. The van der Waals surface area contributed by atoms with Crippen molar-refractivity contribution in [3.05, 3.63) is 0 Å². The van der Waals surface area contributed by atoms with Gasteiger partial charge in [0, 0.05) is 0 Å². The molecule has 0 N–H and O–H groups in total. The number of hydrogen-bond acceptors (Lipinski definition) is 2. The molecule has 1 atom stereocenters. The van der Waals surface area contributed by atoms with E-state index in [9.17, 15) is 4.57 Å². The summed E-state index contributed by atoms with van der Waals surface area (Å²) in [6.45, 7) is 2.62. The molecule has 0 bridgehead atoms. The highest BCUT2D eigenvalue weighted by Crippen LogP contribution is 1.93. The van der Waals surface area contributed by atoms with Gasteiger partial charge >= 0.3 is 0 Å². The summed E-state index contributed by atoms with van der Waals surface area (Å²) in [7, 11) is -0.966. The van der Waals surface area contributed by atoms with Crippen LogP contribution in [0.4, 0.5) is 0 Å². The average Bonchev–Trinajstić information content (AvgIpc) is 1.61. The summed E-state index contributed by atoms with van der Waals surface area (Å²) >= 11 is 0. The highest BCUT2D eigenvalue weighted by atomic mass is 31.1. The molecule has 0 aromatic rings. The first-order chi connectivity index (χ1) is 2.91. The molecule has 0 saturated heterocycles. The highest BCUT2D eigenvalue weighted by Gasteiger charge is 1.71. The molecule has 0 aliphatic carbocycles. The van der Waals surface area contributed by atoms with Gasteiger partial charge in [0.25, 0.3) is 0 Å². The maximum Gasteiger partial charge on any atom is 0.179 e. The van der Waals surface area contributed by atoms with Crippen molar-refractivity contribution in [3.8, 4) is 0 Å². The van der Waals surface area contributed by atoms with Gasteiger partial charge in [0.15, 0.2) is 8.69 Å². The van der Waals surface area contributed by atoms with Crippen LogP contribution in [0.1, 0.15) is 13.3 Å². The van der Waals surface area contributed by atoms with Gasteiger partial charge < -0.3 is 4.52 Å². The van der Waals surface area contributed by atoms with Crippen molar-refractivity contribution in [2.45, 2.75) is 13.3 Å². The number of rotatable bonds is 3. The van der Waals surface area contributed by atoms with Crippen LogP contribution in [0, 0.1) is 0 Å². The Morgan fingerprint density at radius 1 is 1.83 bits per heavy atom. The molecule has 6 heavy (non-hydrogen) atoms. The van der Waals surface area contributed by atoms with Gasteiger partial charge in [-0.1, -0.05) is 6.92 Å². The van der Waals surface area contributed by atoms with Crippen LogP contribution >= 0.6 is 8.69 Å². The highest BCUT2D eigenvalue weighted by molar-refractivity contribution is 7.17. The lowest BCUT2D eigenvalue weighted by Crippen LogP contribution is -1.74. The van der Waals surface area contributed by atoms with Gasteiger partial charge in [-0.25, -0.2) is 0 Å². The van der Waals surface area contributed by atoms with Crippen LogP contribution in [-0.4, -0.2) is 6.61 Å². The van der Waals surface area contributed by atoms with Crippen LogP contribution in [-0.2, 0) is 9.09 Å². The van der Waals surface area contributed by atoms with Crippen molar-refractivity contribution < 1.29 is 9.09 Å². The molecular weight excluding hydrogens is 99.0 g/mol. The normalized spacial score (nSPS) is 10.8. The summed E-state index contributed by atoms with van der Waals surface area (Å²) in [5.41, 5.74) is 0. The molecule has 0 spiro atoms. The first-order valence-electron chi connectivity index (χ1n) is 1.97. The van der Waals surface area contributed by atoms with E-state index in [1.54, 1.807) is 0 Å². The maximum absolute atomic E-state index is 9.55. The van der Waals surface area contributed by atoms with E-state index in [-0.39, 0.29) is 0 Å². The van der Waals surface area contributed by atoms with E-state index in [2.05, 4.69) is 4.52 Å². The zero-order valence-corrected chi connectivity index (χ0v) is 4.96. The number of hydrogen-bond donors (Lipinski definition) is 0. The largest absolute Gasteiger partial charge is 0.333 e.